The van der Waals surface area contributed by atoms with E-state index in [0.717, 1.165) is 47.3 Å². The predicted molar refractivity (Wildman–Crippen MR) is 114 cm³/mol. The van der Waals surface area contributed by atoms with E-state index in [0.29, 0.717) is 12.1 Å². The van der Waals surface area contributed by atoms with Crippen molar-refractivity contribution in [3.8, 4) is 0 Å². The Morgan fingerprint density at radius 1 is 1.21 bits per heavy atom. The molecule has 2 heterocycles. The fourth-order valence-corrected chi connectivity index (χ4v) is 3.84. The quantitative estimate of drug-likeness (QED) is 0.814. The number of rotatable bonds is 5. The molecule has 1 fully saturated rings. The van der Waals surface area contributed by atoms with Crippen LogP contribution >= 0.6 is 11.8 Å². The first-order valence-electron chi connectivity index (χ1n) is 9.36. The first-order chi connectivity index (χ1) is 13.8. The van der Waals surface area contributed by atoms with Crippen LogP contribution in [-0.2, 0) is 4.74 Å². The van der Waals surface area contributed by atoms with Crippen LogP contribution in [0, 0.1) is 0 Å². The average Bonchev–Trinajstić information content (AvgIpc) is 3.28. The smallest absolute Gasteiger partial charge is 0.255 e. The molecule has 0 aromatic heterocycles. The van der Waals surface area contributed by atoms with Crippen molar-refractivity contribution in [3.63, 3.8) is 0 Å². The van der Waals surface area contributed by atoms with E-state index >= 15 is 0 Å². The predicted octanol–water partition coefficient (Wildman–Crippen LogP) is 3.51. The lowest BCUT2D eigenvalue weighted by atomic mass is 10.1. The van der Waals surface area contributed by atoms with E-state index in [2.05, 4.69) is 20.8 Å². The highest BCUT2D eigenvalue weighted by molar-refractivity contribution is 8.14. The van der Waals surface area contributed by atoms with Gasteiger partial charge in [-0.1, -0.05) is 42.1 Å². The number of amides is 1. The number of anilines is 1. The fraction of sp³-hybridized carbons (Fsp3) is 0.286. The molecule has 0 radical (unpaired) electrons. The molecule has 2 aliphatic heterocycles. The van der Waals surface area contributed by atoms with Gasteiger partial charge in [0.1, 0.15) is 0 Å². The molecule has 0 saturated carbocycles. The number of hydrazone groups is 1. The third kappa shape index (κ3) is 4.79. The Morgan fingerprint density at radius 2 is 2.04 bits per heavy atom. The Morgan fingerprint density at radius 3 is 2.71 bits per heavy atom. The molecule has 1 unspecified atom stereocenters. The molecular weight excluding hydrogens is 372 g/mol. The fourth-order valence-electron chi connectivity index (χ4n) is 3.06. The van der Waals surface area contributed by atoms with Gasteiger partial charge in [0.25, 0.3) is 5.91 Å². The van der Waals surface area contributed by atoms with Crippen LogP contribution in [-0.4, -0.2) is 41.8 Å². The molecule has 0 spiro atoms. The number of nitrogens with one attached hydrogen (secondary N) is 2. The average molecular weight is 395 g/mol. The first kappa shape index (κ1) is 18.7. The van der Waals surface area contributed by atoms with Crippen molar-refractivity contribution in [2.75, 3.05) is 24.2 Å². The molecule has 0 aliphatic carbocycles. The summed E-state index contributed by atoms with van der Waals surface area (Å²) >= 11 is 1.64. The standard InChI is InChI=1S/C21H22N4O2S/c26-20(16-5-2-1-3-6-16)23-17-10-8-15(9-11-17)19-14-28-21(25-24-19)22-13-18-7-4-12-27-18/h1-3,5-6,8-11,18H,4,7,12-14H2,(H,22,25)(H,23,26). The van der Waals surface area contributed by atoms with Crippen LogP contribution in [0.2, 0.25) is 0 Å². The summed E-state index contributed by atoms with van der Waals surface area (Å²) < 4.78 is 5.59. The maximum absolute atomic E-state index is 12.2. The van der Waals surface area contributed by atoms with Crippen molar-refractivity contribution in [1.29, 1.82) is 0 Å². The summed E-state index contributed by atoms with van der Waals surface area (Å²) in [5.41, 5.74) is 6.42. The van der Waals surface area contributed by atoms with Gasteiger partial charge in [-0.2, -0.15) is 5.10 Å². The zero-order valence-electron chi connectivity index (χ0n) is 15.4. The Bertz CT molecular complexity index is 875. The van der Waals surface area contributed by atoms with Crippen LogP contribution < -0.4 is 10.7 Å². The lowest BCUT2D eigenvalue weighted by Gasteiger charge is -2.16. The Kier molecular flexibility index (Phi) is 6.04. The summed E-state index contributed by atoms with van der Waals surface area (Å²) in [5.74, 6) is 0.639. The molecule has 7 heteroatoms. The number of ether oxygens (including phenoxy) is 1. The van der Waals surface area contributed by atoms with Crippen molar-refractivity contribution in [3.05, 3.63) is 65.7 Å². The van der Waals surface area contributed by atoms with E-state index in [1.54, 1.807) is 23.9 Å². The van der Waals surface area contributed by atoms with Gasteiger partial charge in [-0.05, 0) is 42.7 Å². The Balaban J connectivity index is 1.34. The van der Waals surface area contributed by atoms with Crippen LogP contribution in [0.15, 0.2) is 64.7 Å². The van der Waals surface area contributed by atoms with Crippen molar-refractivity contribution >= 4 is 34.2 Å². The molecule has 28 heavy (non-hydrogen) atoms. The zero-order valence-corrected chi connectivity index (χ0v) is 16.2. The van der Waals surface area contributed by atoms with Crippen LogP contribution in [0.3, 0.4) is 0 Å². The van der Waals surface area contributed by atoms with Gasteiger partial charge in [0.05, 0.1) is 18.4 Å². The van der Waals surface area contributed by atoms with Crippen molar-refractivity contribution in [2.45, 2.75) is 18.9 Å². The summed E-state index contributed by atoms with van der Waals surface area (Å²) in [7, 11) is 0. The molecule has 1 atom stereocenters. The molecule has 144 valence electrons. The molecule has 2 aromatic rings. The van der Waals surface area contributed by atoms with Gasteiger partial charge in [-0.25, -0.2) is 0 Å². The zero-order chi connectivity index (χ0) is 19.2. The van der Waals surface area contributed by atoms with E-state index in [-0.39, 0.29) is 12.0 Å². The molecule has 0 bridgehead atoms. The van der Waals surface area contributed by atoms with Crippen LogP contribution in [0.5, 0.6) is 0 Å². The van der Waals surface area contributed by atoms with E-state index in [4.69, 9.17) is 4.74 Å². The summed E-state index contributed by atoms with van der Waals surface area (Å²) in [6.45, 7) is 1.54. The second kappa shape index (κ2) is 9.03. The number of nitrogens with zero attached hydrogens (tertiary/aromatic N) is 2. The van der Waals surface area contributed by atoms with E-state index in [1.165, 1.54) is 0 Å². The van der Waals surface area contributed by atoms with Crippen LogP contribution in [0.25, 0.3) is 0 Å². The molecular formula is C21H22N4O2S. The highest BCUT2D eigenvalue weighted by Crippen LogP contribution is 2.18. The molecule has 2 aromatic carbocycles. The van der Waals surface area contributed by atoms with Crippen molar-refractivity contribution in [1.82, 2.24) is 5.43 Å². The lowest BCUT2D eigenvalue weighted by Crippen LogP contribution is -2.26. The summed E-state index contributed by atoms with van der Waals surface area (Å²) in [6.07, 6.45) is 2.46. The van der Waals surface area contributed by atoms with E-state index < -0.39 is 0 Å². The number of hydrogen-bond donors (Lipinski definition) is 2. The Hall–Kier alpha value is -2.64. The summed E-state index contributed by atoms with van der Waals surface area (Å²) in [4.78, 5) is 16.8. The highest BCUT2D eigenvalue weighted by atomic mass is 32.2. The van der Waals surface area contributed by atoms with Gasteiger partial charge in [0, 0.05) is 23.6 Å². The lowest BCUT2D eigenvalue weighted by molar-refractivity contribution is 0.102. The molecule has 1 amide bonds. The minimum atomic E-state index is -0.118. The normalized spacial score (nSPS) is 20.5. The number of benzene rings is 2. The van der Waals surface area contributed by atoms with Crippen LogP contribution in [0.1, 0.15) is 28.8 Å². The molecule has 2 aliphatic rings. The van der Waals surface area contributed by atoms with Gasteiger partial charge >= 0.3 is 0 Å². The number of carbonyl (C=O) groups is 1. The molecule has 4 rings (SSSR count). The second-order valence-electron chi connectivity index (χ2n) is 6.64. The molecule has 2 N–H and O–H groups in total. The topological polar surface area (TPSA) is 75.1 Å². The van der Waals surface area contributed by atoms with Crippen LogP contribution in [0.4, 0.5) is 5.69 Å². The number of thioether (sulfide) groups is 1. The molecule has 6 nitrogen and oxygen atoms in total. The van der Waals surface area contributed by atoms with Gasteiger partial charge in [-0.15, -0.1) is 0 Å². The molecule has 1 saturated heterocycles. The minimum Gasteiger partial charge on any atom is -0.376 e. The van der Waals surface area contributed by atoms with E-state index in [1.807, 2.05) is 42.5 Å². The first-order valence-corrected chi connectivity index (χ1v) is 10.3. The SMILES string of the molecule is O=C(Nc1ccc(C2=NNC(=NCC3CCCO3)SC2)cc1)c1ccccc1. The largest absolute Gasteiger partial charge is 0.376 e. The highest BCUT2D eigenvalue weighted by Gasteiger charge is 2.17. The van der Waals surface area contributed by atoms with Gasteiger partial charge in [-0.3, -0.25) is 15.2 Å². The van der Waals surface area contributed by atoms with E-state index in [9.17, 15) is 4.79 Å². The number of hydrogen-bond acceptors (Lipinski definition) is 5. The monoisotopic (exact) mass is 394 g/mol. The van der Waals surface area contributed by atoms with Crippen molar-refractivity contribution in [2.24, 2.45) is 10.1 Å². The second-order valence-corrected chi connectivity index (χ2v) is 7.60. The summed E-state index contributed by atoms with van der Waals surface area (Å²) in [5, 5.41) is 8.20. The maximum Gasteiger partial charge on any atom is 0.255 e. The Labute approximate surface area is 168 Å². The third-order valence-corrected chi connectivity index (χ3v) is 5.52. The number of aliphatic imine (C=N–C) groups is 1. The minimum absolute atomic E-state index is 0.118. The van der Waals surface area contributed by atoms with Gasteiger partial charge in [0.15, 0.2) is 5.17 Å². The number of carbonyl (C=O) groups excluding carboxylic acids is 1. The number of amidine groups is 1. The maximum atomic E-state index is 12.2. The van der Waals surface area contributed by atoms with Crippen molar-refractivity contribution < 1.29 is 9.53 Å². The van der Waals surface area contributed by atoms with Gasteiger partial charge in [0.2, 0.25) is 0 Å². The van der Waals surface area contributed by atoms with Gasteiger partial charge < -0.3 is 10.1 Å². The third-order valence-electron chi connectivity index (χ3n) is 4.61. The summed E-state index contributed by atoms with van der Waals surface area (Å²) in [6, 6.07) is 16.9.